The van der Waals surface area contributed by atoms with Crippen molar-refractivity contribution in [1.29, 1.82) is 0 Å². The molecular formula is C24H30O10. The monoisotopic (exact) mass is 478 g/mol. The van der Waals surface area contributed by atoms with Crippen molar-refractivity contribution in [2.75, 3.05) is 13.2 Å². The SMILES string of the molecule is C=C(C(=C)[C@@H]1C=C[C@@H](OC(C)=O)[C@@H](COC(C)=O)O1)[C@@H]1C=C[C@H](OC(C)=O)[C@@H](COC(C)=O)O1. The third-order valence-corrected chi connectivity index (χ3v) is 4.93. The summed E-state index contributed by atoms with van der Waals surface area (Å²) in [4.78, 5) is 45.3. The smallest absolute Gasteiger partial charge is 0.303 e. The van der Waals surface area contributed by atoms with Gasteiger partial charge in [-0.2, -0.15) is 0 Å². The van der Waals surface area contributed by atoms with Crippen LogP contribution in [0.3, 0.4) is 0 Å². The highest BCUT2D eigenvalue weighted by atomic mass is 16.6. The van der Waals surface area contributed by atoms with E-state index in [1.807, 2.05) is 0 Å². The van der Waals surface area contributed by atoms with Gasteiger partial charge in [0.1, 0.15) is 49.8 Å². The van der Waals surface area contributed by atoms with Gasteiger partial charge in [0.25, 0.3) is 0 Å². The molecule has 0 aromatic carbocycles. The largest absolute Gasteiger partial charge is 0.463 e. The summed E-state index contributed by atoms with van der Waals surface area (Å²) in [6.45, 7) is 12.9. The van der Waals surface area contributed by atoms with E-state index in [1.165, 1.54) is 27.7 Å². The Morgan fingerprint density at radius 3 is 1.29 bits per heavy atom. The second-order valence-electron chi connectivity index (χ2n) is 7.76. The highest BCUT2D eigenvalue weighted by Gasteiger charge is 2.36. The third-order valence-electron chi connectivity index (χ3n) is 4.93. The average Bonchev–Trinajstić information content (AvgIpc) is 2.75. The highest BCUT2D eigenvalue weighted by Crippen LogP contribution is 2.29. The van der Waals surface area contributed by atoms with E-state index in [0.717, 1.165) is 0 Å². The Balaban J connectivity index is 2.13. The van der Waals surface area contributed by atoms with Crippen molar-refractivity contribution in [3.05, 3.63) is 48.6 Å². The molecule has 2 aliphatic heterocycles. The molecule has 0 fully saturated rings. The molecule has 6 atom stereocenters. The summed E-state index contributed by atoms with van der Waals surface area (Å²) in [5.74, 6) is -2.01. The minimum atomic E-state index is -0.750. The molecule has 0 amide bonds. The van der Waals surface area contributed by atoms with Crippen LogP contribution in [0.25, 0.3) is 0 Å². The van der Waals surface area contributed by atoms with Crippen molar-refractivity contribution in [1.82, 2.24) is 0 Å². The molecule has 10 nitrogen and oxygen atoms in total. The van der Waals surface area contributed by atoms with Gasteiger partial charge >= 0.3 is 23.9 Å². The fourth-order valence-corrected chi connectivity index (χ4v) is 3.33. The summed E-state index contributed by atoms with van der Waals surface area (Å²) in [5, 5.41) is 0. The second kappa shape index (κ2) is 12.3. The zero-order chi connectivity index (χ0) is 25.4. The first-order chi connectivity index (χ1) is 16.0. The van der Waals surface area contributed by atoms with E-state index in [-0.39, 0.29) is 13.2 Å². The molecule has 10 heteroatoms. The number of carbonyl (C=O) groups is 4. The summed E-state index contributed by atoms with van der Waals surface area (Å²) in [7, 11) is 0. The maximum atomic E-state index is 11.4. The van der Waals surface area contributed by atoms with Crippen molar-refractivity contribution in [3.63, 3.8) is 0 Å². The summed E-state index contributed by atoms with van der Waals surface area (Å²) in [5.41, 5.74) is 0.939. The maximum Gasteiger partial charge on any atom is 0.303 e. The van der Waals surface area contributed by atoms with E-state index in [2.05, 4.69) is 13.2 Å². The van der Waals surface area contributed by atoms with Gasteiger partial charge in [-0.1, -0.05) is 25.3 Å². The standard InChI is InChI=1S/C24H30O10/c1-13(19-7-9-21(31-17(5)27)23(33-19)11-29-15(3)25)14(2)20-8-10-22(32-18(6)28)24(34-20)12-30-16(4)26/h7-10,19-24H,1-2,11-12H2,3-6H3/t19-,20-,21-,22+,23+,24+/m0/s1. The zero-order valence-corrected chi connectivity index (χ0v) is 19.7. The molecule has 0 aliphatic carbocycles. The first-order valence-corrected chi connectivity index (χ1v) is 10.6. The number of hydrogen-bond acceptors (Lipinski definition) is 10. The van der Waals surface area contributed by atoms with Gasteiger partial charge in [-0.3, -0.25) is 19.2 Å². The molecule has 2 rings (SSSR count). The average molecular weight is 478 g/mol. The number of rotatable bonds is 9. The van der Waals surface area contributed by atoms with E-state index in [1.54, 1.807) is 24.3 Å². The van der Waals surface area contributed by atoms with E-state index >= 15 is 0 Å². The van der Waals surface area contributed by atoms with Crippen LogP contribution in [0.15, 0.2) is 48.6 Å². The molecule has 0 saturated carbocycles. The Morgan fingerprint density at radius 1 is 0.647 bits per heavy atom. The summed E-state index contributed by atoms with van der Waals surface area (Å²) in [6, 6.07) is 0. The van der Waals surface area contributed by atoms with Gasteiger partial charge in [-0.05, 0) is 23.3 Å². The minimum absolute atomic E-state index is 0.123. The minimum Gasteiger partial charge on any atom is -0.463 e. The Labute approximate surface area is 198 Å². The van der Waals surface area contributed by atoms with E-state index < -0.39 is 60.5 Å². The predicted molar refractivity (Wildman–Crippen MR) is 118 cm³/mol. The highest BCUT2D eigenvalue weighted by molar-refractivity contribution is 5.67. The van der Waals surface area contributed by atoms with Gasteiger partial charge < -0.3 is 28.4 Å². The first-order valence-electron chi connectivity index (χ1n) is 10.6. The zero-order valence-electron chi connectivity index (χ0n) is 19.7. The van der Waals surface area contributed by atoms with E-state index in [0.29, 0.717) is 11.1 Å². The van der Waals surface area contributed by atoms with Gasteiger partial charge in [0, 0.05) is 27.7 Å². The lowest BCUT2D eigenvalue weighted by Crippen LogP contribution is -2.44. The van der Waals surface area contributed by atoms with Crippen LogP contribution in [0.2, 0.25) is 0 Å². The Bertz CT molecular complexity index is 814. The number of ether oxygens (including phenoxy) is 6. The van der Waals surface area contributed by atoms with Crippen molar-refractivity contribution in [2.24, 2.45) is 0 Å². The van der Waals surface area contributed by atoms with Crippen molar-refractivity contribution in [3.8, 4) is 0 Å². The van der Waals surface area contributed by atoms with E-state index in [4.69, 9.17) is 28.4 Å². The molecule has 0 unspecified atom stereocenters. The maximum absolute atomic E-state index is 11.4. The fraction of sp³-hybridized carbons (Fsp3) is 0.500. The van der Waals surface area contributed by atoms with Crippen LogP contribution in [0.4, 0.5) is 0 Å². The molecule has 34 heavy (non-hydrogen) atoms. The van der Waals surface area contributed by atoms with Crippen LogP contribution >= 0.6 is 0 Å². The third kappa shape index (κ3) is 7.96. The molecule has 0 bridgehead atoms. The fourth-order valence-electron chi connectivity index (χ4n) is 3.33. The molecule has 0 aromatic rings. The normalized spacial score (nSPS) is 27.9. The number of esters is 4. The number of hydrogen-bond donors (Lipinski definition) is 0. The lowest BCUT2D eigenvalue weighted by atomic mass is 9.94. The van der Waals surface area contributed by atoms with Gasteiger partial charge in [0.05, 0.1) is 0 Å². The summed E-state index contributed by atoms with van der Waals surface area (Å²) >= 11 is 0. The number of carbonyl (C=O) groups excluding carboxylic acids is 4. The first kappa shape index (κ1) is 27.0. The van der Waals surface area contributed by atoms with Gasteiger partial charge in [0.2, 0.25) is 0 Å². The van der Waals surface area contributed by atoms with Crippen LogP contribution in [-0.4, -0.2) is 73.7 Å². The summed E-state index contributed by atoms with van der Waals surface area (Å²) < 4.78 is 32.5. The second-order valence-corrected chi connectivity index (χ2v) is 7.76. The molecule has 0 radical (unpaired) electrons. The van der Waals surface area contributed by atoms with Gasteiger partial charge in [-0.25, -0.2) is 0 Å². The van der Waals surface area contributed by atoms with E-state index in [9.17, 15) is 19.2 Å². The van der Waals surface area contributed by atoms with Crippen LogP contribution < -0.4 is 0 Å². The molecule has 186 valence electrons. The van der Waals surface area contributed by atoms with Crippen LogP contribution in [0.5, 0.6) is 0 Å². The lowest BCUT2D eigenvalue weighted by Gasteiger charge is -2.35. The van der Waals surface area contributed by atoms with Crippen LogP contribution in [-0.2, 0) is 47.6 Å². The van der Waals surface area contributed by atoms with Crippen LogP contribution in [0.1, 0.15) is 27.7 Å². The van der Waals surface area contributed by atoms with Crippen molar-refractivity contribution >= 4 is 23.9 Å². The molecule has 0 saturated heterocycles. The molecule has 2 heterocycles. The molecule has 0 N–H and O–H groups in total. The quantitative estimate of drug-likeness (QED) is 0.209. The lowest BCUT2D eigenvalue weighted by molar-refractivity contribution is -0.164. The Kier molecular flexibility index (Phi) is 9.76. The Morgan fingerprint density at radius 2 is 1.00 bits per heavy atom. The van der Waals surface area contributed by atoms with Crippen LogP contribution in [0, 0.1) is 0 Å². The predicted octanol–water partition coefficient (Wildman–Crippen LogP) is 1.74. The topological polar surface area (TPSA) is 124 Å². The van der Waals surface area contributed by atoms with Gasteiger partial charge in [-0.15, -0.1) is 0 Å². The Hall–Kier alpha value is -3.24. The molecule has 0 aromatic heterocycles. The molecule has 2 aliphatic rings. The summed E-state index contributed by atoms with van der Waals surface area (Å²) in [6.07, 6.45) is 2.31. The van der Waals surface area contributed by atoms with Gasteiger partial charge in [0.15, 0.2) is 0 Å². The molecular weight excluding hydrogens is 448 g/mol. The van der Waals surface area contributed by atoms with Crippen molar-refractivity contribution < 1.29 is 47.6 Å². The van der Waals surface area contributed by atoms with Crippen molar-refractivity contribution in [2.45, 2.75) is 64.3 Å². The molecule has 0 spiro atoms.